The molecule has 0 radical (unpaired) electrons. The molecule has 37 heavy (non-hydrogen) atoms. The number of fused-ring (bicyclic) bond motifs is 1. The van der Waals surface area contributed by atoms with E-state index in [1.54, 1.807) is 29.1 Å². The summed E-state index contributed by atoms with van der Waals surface area (Å²) in [5.41, 5.74) is 1.88. The molecule has 0 aliphatic carbocycles. The van der Waals surface area contributed by atoms with Crippen molar-refractivity contribution >= 4 is 11.8 Å². The fourth-order valence-corrected chi connectivity index (χ4v) is 4.53. The van der Waals surface area contributed by atoms with Gasteiger partial charge in [-0.05, 0) is 41.4 Å². The van der Waals surface area contributed by atoms with Gasteiger partial charge in [-0.1, -0.05) is 12.1 Å². The third-order valence-electron chi connectivity index (χ3n) is 6.39. The highest BCUT2D eigenvalue weighted by molar-refractivity contribution is 5.34. The molecule has 1 aromatic carbocycles. The van der Waals surface area contributed by atoms with Crippen LogP contribution < -0.4 is 19.7 Å². The molecule has 1 atom stereocenters. The van der Waals surface area contributed by atoms with Gasteiger partial charge >= 0.3 is 18.2 Å². The number of nitrogens with zero attached hydrogens (tertiary/aromatic N) is 6. The molecule has 4 heterocycles. The largest absolute Gasteiger partial charge is 0.573 e. The minimum absolute atomic E-state index is 0.0471. The van der Waals surface area contributed by atoms with Gasteiger partial charge in [-0.25, -0.2) is 9.97 Å². The fourth-order valence-electron chi connectivity index (χ4n) is 4.53. The Labute approximate surface area is 209 Å². The summed E-state index contributed by atoms with van der Waals surface area (Å²) in [5, 5.41) is 14.2. The van der Waals surface area contributed by atoms with Crippen LogP contribution in [0.2, 0.25) is 0 Å². The number of ether oxygens (including phenoxy) is 2. The second-order valence-corrected chi connectivity index (χ2v) is 8.95. The minimum Gasteiger partial charge on any atom is -0.444 e. The molecule has 3 aromatic rings. The molecule has 11 nitrogen and oxygen atoms in total. The summed E-state index contributed by atoms with van der Waals surface area (Å²) in [6.45, 7) is 2.84. The number of nitro groups is 1. The first kappa shape index (κ1) is 24.7. The van der Waals surface area contributed by atoms with Crippen LogP contribution >= 0.6 is 0 Å². The third-order valence-corrected chi connectivity index (χ3v) is 6.39. The summed E-state index contributed by atoms with van der Waals surface area (Å²) in [6, 6.07) is 6.27. The van der Waals surface area contributed by atoms with E-state index >= 15 is 0 Å². The number of halogens is 3. The molecular weight excluding hydrogens is 495 g/mol. The van der Waals surface area contributed by atoms with Crippen LogP contribution in [0.4, 0.5) is 24.9 Å². The molecule has 2 aromatic heterocycles. The van der Waals surface area contributed by atoms with Crippen molar-refractivity contribution < 1.29 is 27.6 Å². The number of nitrogens with one attached hydrogen (secondary N) is 1. The maximum absolute atomic E-state index is 12.4. The van der Waals surface area contributed by atoms with E-state index < -0.39 is 11.3 Å². The Bertz CT molecular complexity index is 1230. The van der Waals surface area contributed by atoms with Gasteiger partial charge in [-0.2, -0.15) is 0 Å². The zero-order valence-electron chi connectivity index (χ0n) is 19.6. The van der Waals surface area contributed by atoms with Crippen molar-refractivity contribution in [3.05, 3.63) is 64.1 Å². The molecule has 1 saturated heterocycles. The first-order chi connectivity index (χ1) is 17.7. The molecule has 2 aliphatic rings. The second-order valence-electron chi connectivity index (χ2n) is 8.95. The number of aromatic nitrogens is 4. The van der Waals surface area contributed by atoms with Crippen LogP contribution in [0.5, 0.6) is 11.8 Å². The molecular formula is C23H24F3N7O4. The molecule has 196 valence electrons. The van der Waals surface area contributed by atoms with Gasteiger partial charge in [0.05, 0.1) is 6.04 Å². The van der Waals surface area contributed by atoms with Crippen molar-refractivity contribution in [1.29, 1.82) is 0 Å². The standard InChI is InChI=1S/C23H24F3N7O4/c24-23(25,26)37-19-3-1-16(2-4-19)17-5-7-31(8-6-17)21-28-10-15(11-29-21)9-27-18-12-32-13-20(33(34)35)30-22(32)36-14-18/h1-4,10-11,13,17-18,27H,5-9,12,14H2/t18-/m0/s1. The molecule has 2 aliphatic heterocycles. The van der Waals surface area contributed by atoms with Crippen molar-refractivity contribution in [2.75, 3.05) is 24.6 Å². The Morgan fingerprint density at radius 1 is 1.16 bits per heavy atom. The lowest BCUT2D eigenvalue weighted by molar-refractivity contribution is -0.389. The first-order valence-electron chi connectivity index (χ1n) is 11.7. The summed E-state index contributed by atoms with van der Waals surface area (Å²) in [6.07, 6.45) is 1.86. The summed E-state index contributed by atoms with van der Waals surface area (Å²) >= 11 is 0. The Balaban J connectivity index is 1.09. The van der Waals surface area contributed by atoms with Crippen molar-refractivity contribution in [3.8, 4) is 11.8 Å². The number of anilines is 1. The maximum Gasteiger partial charge on any atom is 0.573 e. The molecule has 0 unspecified atom stereocenters. The monoisotopic (exact) mass is 519 g/mol. The summed E-state index contributed by atoms with van der Waals surface area (Å²) in [4.78, 5) is 25.3. The highest BCUT2D eigenvalue weighted by Crippen LogP contribution is 2.31. The second kappa shape index (κ2) is 10.2. The number of alkyl halides is 3. The smallest absolute Gasteiger partial charge is 0.444 e. The number of hydrogen-bond donors (Lipinski definition) is 1. The third kappa shape index (κ3) is 6.07. The molecule has 1 N–H and O–H groups in total. The first-order valence-corrected chi connectivity index (χ1v) is 11.7. The fraction of sp³-hybridized carbons (Fsp3) is 0.435. The van der Waals surface area contributed by atoms with Crippen LogP contribution in [-0.4, -0.2) is 56.5 Å². The Hall–Kier alpha value is -3.94. The molecule has 5 rings (SSSR count). The minimum atomic E-state index is -4.70. The summed E-state index contributed by atoms with van der Waals surface area (Å²) < 4.78 is 48.1. The van der Waals surface area contributed by atoms with Crippen LogP contribution in [0.15, 0.2) is 42.9 Å². The zero-order chi connectivity index (χ0) is 26.0. The van der Waals surface area contributed by atoms with Crippen LogP contribution in [0.1, 0.15) is 29.9 Å². The lowest BCUT2D eigenvalue weighted by atomic mass is 9.89. The topological polar surface area (TPSA) is 120 Å². The van der Waals surface area contributed by atoms with Gasteiger partial charge < -0.3 is 29.8 Å². The Kier molecular flexibility index (Phi) is 6.82. The van der Waals surface area contributed by atoms with Gasteiger partial charge in [-0.3, -0.25) is 4.57 Å². The van der Waals surface area contributed by atoms with Gasteiger partial charge in [0.15, 0.2) is 0 Å². The maximum atomic E-state index is 12.4. The van der Waals surface area contributed by atoms with Gasteiger partial charge in [0, 0.05) is 49.1 Å². The predicted molar refractivity (Wildman–Crippen MR) is 124 cm³/mol. The van der Waals surface area contributed by atoms with E-state index in [4.69, 9.17) is 4.74 Å². The van der Waals surface area contributed by atoms with Crippen LogP contribution in [0.3, 0.4) is 0 Å². The highest BCUT2D eigenvalue weighted by atomic mass is 19.4. The van der Waals surface area contributed by atoms with E-state index in [2.05, 4.69) is 29.9 Å². The predicted octanol–water partition coefficient (Wildman–Crippen LogP) is 3.41. The van der Waals surface area contributed by atoms with Crippen LogP contribution in [0, 0.1) is 10.1 Å². The normalized spacial score (nSPS) is 18.2. The van der Waals surface area contributed by atoms with E-state index in [1.165, 1.54) is 18.3 Å². The van der Waals surface area contributed by atoms with Crippen LogP contribution in [0.25, 0.3) is 0 Å². The van der Waals surface area contributed by atoms with E-state index in [-0.39, 0.29) is 29.5 Å². The molecule has 0 spiro atoms. The van der Waals surface area contributed by atoms with Gasteiger partial charge in [0.1, 0.15) is 18.6 Å². The summed E-state index contributed by atoms with van der Waals surface area (Å²) in [7, 11) is 0. The Morgan fingerprint density at radius 2 is 1.86 bits per heavy atom. The van der Waals surface area contributed by atoms with Crippen molar-refractivity contribution in [1.82, 2.24) is 24.8 Å². The van der Waals surface area contributed by atoms with E-state index in [0.717, 1.165) is 37.1 Å². The number of imidazole rings is 1. The number of rotatable bonds is 7. The van der Waals surface area contributed by atoms with Gasteiger partial charge in [0.25, 0.3) is 0 Å². The van der Waals surface area contributed by atoms with Gasteiger partial charge in [-0.15, -0.1) is 13.2 Å². The number of hydrogen-bond acceptors (Lipinski definition) is 9. The van der Waals surface area contributed by atoms with Gasteiger partial charge in [0.2, 0.25) is 5.95 Å². The zero-order valence-corrected chi connectivity index (χ0v) is 19.6. The van der Waals surface area contributed by atoms with Crippen molar-refractivity contribution in [3.63, 3.8) is 0 Å². The highest BCUT2D eigenvalue weighted by Gasteiger charge is 2.31. The average Bonchev–Trinajstić information content (AvgIpc) is 3.32. The number of benzene rings is 1. The van der Waals surface area contributed by atoms with Crippen LogP contribution in [-0.2, 0) is 13.1 Å². The van der Waals surface area contributed by atoms with Crippen molar-refractivity contribution in [2.45, 2.75) is 44.3 Å². The molecule has 0 bridgehead atoms. The lowest BCUT2D eigenvalue weighted by Crippen LogP contribution is -2.41. The van der Waals surface area contributed by atoms with Crippen molar-refractivity contribution in [2.24, 2.45) is 0 Å². The molecule has 1 fully saturated rings. The molecule has 14 heteroatoms. The number of piperidine rings is 1. The summed E-state index contributed by atoms with van der Waals surface area (Å²) in [5.74, 6) is 0.419. The SMILES string of the molecule is O=[N+]([O-])c1cn2c(n1)OC[C@@H](NCc1cnc(N3CCC(c4ccc(OC(F)(F)F)cc4)CC3)nc1)C2. The quantitative estimate of drug-likeness (QED) is 0.370. The molecule has 0 amide bonds. The van der Waals surface area contributed by atoms with E-state index in [9.17, 15) is 23.3 Å². The average molecular weight is 519 g/mol. The van der Waals surface area contributed by atoms with E-state index in [0.29, 0.717) is 25.6 Å². The van der Waals surface area contributed by atoms with E-state index in [1.807, 2.05) is 0 Å². The molecule has 0 saturated carbocycles. The Morgan fingerprint density at radius 3 is 2.51 bits per heavy atom. The lowest BCUT2D eigenvalue weighted by Gasteiger charge is -2.32.